The van der Waals surface area contributed by atoms with Crippen LogP contribution in [0, 0.1) is 5.82 Å². The fraction of sp³-hybridized carbons (Fsp3) is 0.0526. The van der Waals surface area contributed by atoms with Crippen LogP contribution in [0.2, 0.25) is 0 Å². The largest absolute Gasteiger partial charge is 0.324 e. The second-order valence-corrected chi connectivity index (χ2v) is 8.81. The molecule has 3 rings (SSSR count). The smallest absolute Gasteiger partial charge is 0.271 e. The van der Waals surface area contributed by atoms with E-state index in [0.717, 1.165) is 17.4 Å². The fourth-order valence-electron chi connectivity index (χ4n) is 2.44. The average molecular weight is 433 g/mol. The van der Waals surface area contributed by atoms with Crippen LogP contribution >= 0.6 is 11.3 Å². The van der Waals surface area contributed by atoms with E-state index in [1.807, 2.05) is 0 Å². The third kappa shape index (κ3) is 5.18. The van der Waals surface area contributed by atoms with Crippen molar-refractivity contribution < 1.29 is 22.4 Å². The van der Waals surface area contributed by atoms with Gasteiger partial charge in [-0.25, -0.2) is 12.8 Å². The summed E-state index contributed by atoms with van der Waals surface area (Å²) in [5.74, 6) is -1.61. The first-order chi connectivity index (χ1) is 13.7. The molecular weight excluding hydrogens is 417 g/mol. The van der Waals surface area contributed by atoms with Gasteiger partial charge in [0, 0.05) is 23.9 Å². The van der Waals surface area contributed by atoms with Gasteiger partial charge >= 0.3 is 0 Å². The minimum absolute atomic E-state index is 0.0623. The molecule has 2 amide bonds. The van der Waals surface area contributed by atoms with Gasteiger partial charge in [-0.1, -0.05) is 12.1 Å². The number of benzene rings is 2. The maximum absolute atomic E-state index is 13.7. The van der Waals surface area contributed by atoms with E-state index < -0.39 is 27.7 Å². The predicted octanol–water partition coefficient (Wildman–Crippen LogP) is 3.90. The van der Waals surface area contributed by atoms with Crippen LogP contribution in [0.1, 0.15) is 17.3 Å². The number of halogens is 1. The van der Waals surface area contributed by atoms with Crippen LogP contribution in [-0.2, 0) is 14.8 Å². The van der Waals surface area contributed by atoms with E-state index in [-0.39, 0.29) is 26.8 Å². The molecule has 2 aromatic carbocycles. The zero-order valence-corrected chi connectivity index (χ0v) is 16.7. The fourth-order valence-corrected chi connectivity index (χ4v) is 4.48. The molecule has 0 spiro atoms. The normalized spacial score (nSPS) is 11.0. The van der Waals surface area contributed by atoms with Crippen LogP contribution in [-0.4, -0.2) is 20.2 Å². The first kappa shape index (κ1) is 20.5. The molecule has 0 atom stereocenters. The summed E-state index contributed by atoms with van der Waals surface area (Å²) >= 11 is 1.08. The highest BCUT2D eigenvalue weighted by atomic mass is 32.2. The number of thiophene rings is 1. The average Bonchev–Trinajstić information content (AvgIpc) is 3.20. The monoisotopic (exact) mass is 433 g/mol. The van der Waals surface area contributed by atoms with Crippen molar-refractivity contribution in [1.82, 2.24) is 0 Å². The van der Waals surface area contributed by atoms with Crippen molar-refractivity contribution >= 4 is 50.2 Å². The molecule has 7 nitrogen and oxygen atoms in total. The number of carbonyl (C=O) groups excluding carboxylic acids is 2. The zero-order chi connectivity index (χ0) is 21.0. The molecule has 1 heterocycles. The standard InChI is InChI=1S/C19H16FN3O4S2/c1-12(24)21-17-11-14(7-8-16(17)20)22-19(25)13-4-2-5-15(10-13)23-29(26,27)18-6-3-9-28-18/h2-11,23H,1H3,(H,21,24)(H,22,25). The van der Waals surface area contributed by atoms with E-state index in [4.69, 9.17) is 0 Å². The van der Waals surface area contributed by atoms with Crippen LogP contribution in [0.4, 0.5) is 21.5 Å². The molecule has 150 valence electrons. The number of rotatable bonds is 6. The van der Waals surface area contributed by atoms with Crippen molar-refractivity contribution in [3.05, 3.63) is 71.4 Å². The topological polar surface area (TPSA) is 104 Å². The molecule has 0 saturated heterocycles. The van der Waals surface area contributed by atoms with Gasteiger partial charge in [-0.3, -0.25) is 14.3 Å². The Morgan fingerprint density at radius 1 is 0.966 bits per heavy atom. The van der Waals surface area contributed by atoms with E-state index in [0.29, 0.717) is 0 Å². The van der Waals surface area contributed by atoms with Gasteiger partial charge in [0.2, 0.25) is 5.91 Å². The van der Waals surface area contributed by atoms with E-state index in [1.165, 1.54) is 49.4 Å². The molecule has 0 fully saturated rings. The molecule has 29 heavy (non-hydrogen) atoms. The van der Waals surface area contributed by atoms with Crippen molar-refractivity contribution in [1.29, 1.82) is 0 Å². The van der Waals surface area contributed by atoms with E-state index in [1.54, 1.807) is 11.4 Å². The third-order valence-corrected chi connectivity index (χ3v) is 6.45. The van der Waals surface area contributed by atoms with Crippen molar-refractivity contribution in [2.75, 3.05) is 15.4 Å². The summed E-state index contributed by atoms with van der Waals surface area (Å²) in [5, 5.41) is 6.57. The van der Waals surface area contributed by atoms with E-state index >= 15 is 0 Å². The van der Waals surface area contributed by atoms with Crippen LogP contribution in [0.25, 0.3) is 0 Å². The third-order valence-electron chi connectivity index (χ3n) is 3.67. The lowest BCUT2D eigenvalue weighted by atomic mass is 10.2. The quantitative estimate of drug-likeness (QED) is 0.548. The van der Waals surface area contributed by atoms with Crippen molar-refractivity contribution in [2.24, 2.45) is 0 Å². The molecular formula is C19H16FN3O4S2. The van der Waals surface area contributed by atoms with Crippen LogP contribution < -0.4 is 15.4 Å². The lowest BCUT2D eigenvalue weighted by Crippen LogP contribution is -2.15. The number of carbonyl (C=O) groups is 2. The summed E-state index contributed by atoms with van der Waals surface area (Å²) in [7, 11) is -3.74. The summed E-state index contributed by atoms with van der Waals surface area (Å²) in [5.41, 5.74) is 0.628. The summed E-state index contributed by atoms with van der Waals surface area (Å²) in [4.78, 5) is 23.6. The van der Waals surface area contributed by atoms with Crippen LogP contribution in [0.5, 0.6) is 0 Å². The molecule has 0 bridgehead atoms. The highest BCUT2D eigenvalue weighted by Crippen LogP contribution is 2.23. The number of amides is 2. The minimum atomic E-state index is -3.74. The molecule has 0 aliphatic heterocycles. The second-order valence-electron chi connectivity index (χ2n) is 5.95. The van der Waals surface area contributed by atoms with Crippen molar-refractivity contribution in [2.45, 2.75) is 11.1 Å². The van der Waals surface area contributed by atoms with Gasteiger partial charge in [0.1, 0.15) is 10.0 Å². The van der Waals surface area contributed by atoms with Crippen LogP contribution in [0.15, 0.2) is 64.2 Å². The number of nitrogens with one attached hydrogen (secondary N) is 3. The summed E-state index contributed by atoms with van der Waals surface area (Å²) in [6, 6.07) is 12.8. The molecule has 0 aliphatic carbocycles. The van der Waals surface area contributed by atoms with Gasteiger partial charge in [0.05, 0.1) is 5.69 Å². The number of hydrogen-bond acceptors (Lipinski definition) is 5. The molecule has 0 unspecified atom stereocenters. The molecule has 0 saturated carbocycles. The zero-order valence-electron chi connectivity index (χ0n) is 15.1. The Labute approximate surface area is 170 Å². The highest BCUT2D eigenvalue weighted by molar-refractivity contribution is 7.94. The Morgan fingerprint density at radius 3 is 2.45 bits per heavy atom. The highest BCUT2D eigenvalue weighted by Gasteiger charge is 2.16. The lowest BCUT2D eigenvalue weighted by Gasteiger charge is -2.10. The van der Waals surface area contributed by atoms with Gasteiger partial charge in [-0.15, -0.1) is 11.3 Å². The van der Waals surface area contributed by atoms with Gasteiger partial charge in [0.15, 0.2) is 0 Å². The van der Waals surface area contributed by atoms with Gasteiger partial charge in [-0.05, 0) is 47.8 Å². The summed E-state index contributed by atoms with van der Waals surface area (Å²) < 4.78 is 40.9. The number of hydrogen-bond donors (Lipinski definition) is 3. The molecule has 0 radical (unpaired) electrons. The summed E-state index contributed by atoms with van der Waals surface area (Å²) in [6.45, 7) is 1.24. The van der Waals surface area contributed by atoms with Gasteiger partial charge in [-0.2, -0.15) is 0 Å². The maximum atomic E-state index is 13.7. The van der Waals surface area contributed by atoms with Gasteiger partial charge in [0.25, 0.3) is 15.9 Å². The molecule has 3 aromatic rings. The van der Waals surface area contributed by atoms with Crippen molar-refractivity contribution in [3.63, 3.8) is 0 Å². The Hall–Kier alpha value is -3.24. The number of sulfonamides is 1. The summed E-state index contributed by atoms with van der Waals surface area (Å²) in [6.07, 6.45) is 0. The molecule has 3 N–H and O–H groups in total. The first-order valence-corrected chi connectivity index (χ1v) is 10.7. The Balaban J connectivity index is 1.77. The molecule has 10 heteroatoms. The first-order valence-electron chi connectivity index (χ1n) is 8.29. The van der Waals surface area contributed by atoms with Crippen molar-refractivity contribution in [3.8, 4) is 0 Å². The minimum Gasteiger partial charge on any atom is -0.324 e. The SMILES string of the molecule is CC(=O)Nc1cc(NC(=O)c2cccc(NS(=O)(=O)c3cccs3)c2)ccc1F. The molecule has 1 aromatic heterocycles. The maximum Gasteiger partial charge on any atom is 0.271 e. The predicted molar refractivity (Wildman–Crippen MR) is 110 cm³/mol. The van der Waals surface area contributed by atoms with Crippen LogP contribution in [0.3, 0.4) is 0 Å². The number of anilines is 3. The van der Waals surface area contributed by atoms with Gasteiger partial charge < -0.3 is 10.6 Å². The Kier molecular flexibility index (Phi) is 5.95. The lowest BCUT2D eigenvalue weighted by molar-refractivity contribution is -0.114. The molecule has 0 aliphatic rings. The van der Waals surface area contributed by atoms with E-state index in [2.05, 4.69) is 15.4 Å². The Morgan fingerprint density at radius 2 is 1.76 bits per heavy atom. The van der Waals surface area contributed by atoms with E-state index in [9.17, 15) is 22.4 Å². The Bertz CT molecular complexity index is 1160. The second kappa shape index (κ2) is 8.41.